The van der Waals surface area contributed by atoms with Gasteiger partial charge in [-0.15, -0.1) is 0 Å². The summed E-state index contributed by atoms with van der Waals surface area (Å²) in [5.41, 5.74) is 3.95. The Bertz CT molecular complexity index is 1160. The second kappa shape index (κ2) is 10.9. The monoisotopic (exact) mass is 484 g/mol. The Hall–Kier alpha value is -3.39. The predicted octanol–water partition coefficient (Wildman–Crippen LogP) is 5.31. The smallest absolute Gasteiger partial charge is 0.416 e. The molecule has 1 aliphatic heterocycles. The number of alkyl halides is 3. The van der Waals surface area contributed by atoms with Gasteiger partial charge in [-0.05, 0) is 67.3 Å². The third-order valence-corrected chi connectivity index (χ3v) is 5.93. The van der Waals surface area contributed by atoms with Gasteiger partial charge in [0, 0.05) is 25.2 Å². The summed E-state index contributed by atoms with van der Waals surface area (Å²) >= 11 is 0. The third kappa shape index (κ3) is 6.60. The first-order valence-corrected chi connectivity index (χ1v) is 11.6. The number of esters is 1. The zero-order valence-corrected chi connectivity index (χ0v) is 19.5. The summed E-state index contributed by atoms with van der Waals surface area (Å²) in [6, 6.07) is 16.6. The van der Waals surface area contributed by atoms with Crippen molar-refractivity contribution in [2.24, 2.45) is 0 Å². The number of carbonyl (C=O) groups excluding carboxylic acids is 1. The molecule has 4 rings (SSSR count). The van der Waals surface area contributed by atoms with Gasteiger partial charge in [-0.3, -0.25) is 9.88 Å². The number of hydrogen-bond acceptors (Lipinski definition) is 5. The number of pyridine rings is 1. The van der Waals surface area contributed by atoms with Crippen molar-refractivity contribution in [3.63, 3.8) is 0 Å². The van der Waals surface area contributed by atoms with E-state index in [1.54, 1.807) is 6.92 Å². The molecule has 8 heteroatoms. The summed E-state index contributed by atoms with van der Waals surface area (Å²) in [5, 5.41) is 0. The zero-order valence-electron chi connectivity index (χ0n) is 19.5. The van der Waals surface area contributed by atoms with Gasteiger partial charge < -0.3 is 9.47 Å². The Labute approximate surface area is 202 Å². The topological polar surface area (TPSA) is 51.7 Å². The first-order valence-electron chi connectivity index (χ1n) is 11.6. The molecule has 0 spiro atoms. The number of carbonyl (C=O) groups is 1. The number of fused-ring (bicyclic) bond motifs is 1. The van der Waals surface area contributed by atoms with E-state index in [1.165, 1.54) is 23.3 Å². The lowest BCUT2D eigenvalue weighted by atomic mass is 10.0. The molecule has 0 bridgehead atoms. The highest BCUT2D eigenvalue weighted by Gasteiger charge is 2.30. The van der Waals surface area contributed by atoms with E-state index in [2.05, 4.69) is 4.90 Å². The van der Waals surface area contributed by atoms with E-state index in [1.807, 2.05) is 36.4 Å². The molecule has 3 aromatic rings. The number of halogens is 3. The summed E-state index contributed by atoms with van der Waals surface area (Å²) in [7, 11) is 0. The largest absolute Gasteiger partial charge is 0.482 e. The van der Waals surface area contributed by atoms with Crippen LogP contribution in [0.15, 0.2) is 60.7 Å². The van der Waals surface area contributed by atoms with Crippen LogP contribution in [0.2, 0.25) is 0 Å². The fourth-order valence-corrected chi connectivity index (χ4v) is 4.13. The van der Waals surface area contributed by atoms with Crippen LogP contribution in [-0.4, -0.2) is 42.2 Å². The molecular weight excluding hydrogens is 457 g/mol. The molecule has 5 nitrogen and oxygen atoms in total. The van der Waals surface area contributed by atoms with Crippen molar-refractivity contribution >= 4 is 5.97 Å². The Morgan fingerprint density at radius 1 is 1.00 bits per heavy atom. The lowest BCUT2D eigenvalue weighted by molar-refractivity contribution is -0.145. The van der Waals surface area contributed by atoms with E-state index >= 15 is 0 Å². The van der Waals surface area contributed by atoms with E-state index in [4.69, 9.17) is 14.5 Å². The van der Waals surface area contributed by atoms with E-state index in [-0.39, 0.29) is 12.6 Å². The molecule has 35 heavy (non-hydrogen) atoms. The Kier molecular flexibility index (Phi) is 7.70. The van der Waals surface area contributed by atoms with Gasteiger partial charge in [0.1, 0.15) is 5.75 Å². The molecule has 0 amide bonds. The van der Waals surface area contributed by atoms with E-state index in [0.717, 1.165) is 43.8 Å². The van der Waals surface area contributed by atoms with E-state index < -0.39 is 11.7 Å². The molecule has 0 aliphatic carbocycles. The van der Waals surface area contributed by atoms with Crippen LogP contribution in [0.3, 0.4) is 0 Å². The van der Waals surface area contributed by atoms with Crippen molar-refractivity contribution in [3.05, 3.63) is 83.0 Å². The maximum atomic E-state index is 12.9. The quantitative estimate of drug-likeness (QED) is 0.426. The molecule has 0 atom stereocenters. The standard InChI is InChI=1S/C27H27F3N2O3/c1-2-34-26(33)18-35-24-11-8-19-12-14-32(15-13-21(19)16-24)17-23-4-3-5-25(31-23)20-6-9-22(10-7-20)27(28,29)30/h3-11,16H,2,12-15,17-18H2,1H3. The molecule has 0 saturated carbocycles. The van der Waals surface area contributed by atoms with Crippen LogP contribution in [0.4, 0.5) is 13.2 Å². The molecule has 0 N–H and O–H groups in total. The molecule has 1 aromatic heterocycles. The molecule has 0 radical (unpaired) electrons. The Balaban J connectivity index is 1.38. The van der Waals surface area contributed by atoms with Crippen molar-refractivity contribution < 1.29 is 27.4 Å². The normalized spacial score (nSPS) is 14.2. The number of hydrogen-bond donors (Lipinski definition) is 0. The van der Waals surface area contributed by atoms with Gasteiger partial charge in [-0.1, -0.05) is 24.3 Å². The first-order chi connectivity index (χ1) is 16.8. The van der Waals surface area contributed by atoms with Crippen molar-refractivity contribution in [1.29, 1.82) is 0 Å². The lowest BCUT2D eigenvalue weighted by Gasteiger charge is -2.19. The van der Waals surface area contributed by atoms with Gasteiger partial charge in [0.15, 0.2) is 6.61 Å². The fourth-order valence-electron chi connectivity index (χ4n) is 4.13. The minimum atomic E-state index is -4.36. The minimum Gasteiger partial charge on any atom is -0.482 e. The number of rotatable bonds is 7. The molecule has 0 unspecified atom stereocenters. The SMILES string of the molecule is CCOC(=O)COc1ccc2c(c1)CCN(Cc1cccc(-c3ccc(C(F)(F)F)cc3)n1)CC2. The Morgan fingerprint density at radius 3 is 2.46 bits per heavy atom. The van der Waals surface area contributed by atoms with Crippen LogP contribution in [0.25, 0.3) is 11.3 Å². The van der Waals surface area contributed by atoms with Crippen LogP contribution in [0, 0.1) is 0 Å². The number of ether oxygens (including phenoxy) is 2. The molecular formula is C27H27F3N2O3. The van der Waals surface area contributed by atoms with Gasteiger partial charge in [0.05, 0.1) is 23.6 Å². The van der Waals surface area contributed by atoms with E-state index in [9.17, 15) is 18.0 Å². The summed E-state index contributed by atoms with van der Waals surface area (Å²) in [6.07, 6.45) is -2.64. The highest BCUT2D eigenvalue weighted by molar-refractivity contribution is 5.71. The summed E-state index contributed by atoms with van der Waals surface area (Å²) in [6.45, 7) is 4.31. The summed E-state index contributed by atoms with van der Waals surface area (Å²) < 4.78 is 49.0. The maximum Gasteiger partial charge on any atom is 0.416 e. The van der Waals surface area contributed by atoms with Gasteiger partial charge in [-0.25, -0.2) is 4.79 Å². The number of aromatic nitrogens is 1. The van der Waals surface area contributed by atoms with Crippen molar-refractivity contribution in [2.45, 2.75) is 32.5 Å². The molecule has 1 aliphatic rings. The van der Waals surface area contributed by atoms with Crippen molar-refractivity contribution in [2.75, 3.05) is 26.3 Å². The van der Waals surface area contributed by atoms with Gasteiger partial charge in [0.2, 0.25) is 0 Å². The average Bonchev–Trinajstić information content (AvgIpc) is 3.04. The summed E-state index contributed by atoms with van der Waals surface area (Å²) in [4.78, 5) is 18.6. The minimum absolute atomic E-state index is 0.111. The molecule has 0 fully saturated rings. The first kappa shape index (κ1) is 24.7. The van der Waals surface area contributed by atoms with Crippen LogP contribution < -0.4 is 4.74 Å². The Morgan fingerprint density at radius 2 is 1.74 bits per heavy atom. The fraction of sp³-hybridized carbons (Fsp3) is 0.333. The highest BCUT2D eigenvalue weighted by Crippen LogP contribution is 2.30. The van der Waals surface area contributed by atoms with E-state index in [0.29, 0.717) is 30.2 Å². The number of nitrogens with zero attached hydrogens (tertiary/aromatic N) is 2. The predicted molar refractivity (Wildman–Crippen MR) is 126 cm³/mol. The van der Waals surface area contributed by atoms with Gasteiger partial charge in [0.25, 0.3) is 0 Å². The summed E-state index contributed by atoms with van der Waals surface area (Å²) in [5.74, 6) is 0.260. The zero-order chi connectivity index (χ0) is 24.8. The molecule has 2 heterocycles. The van der Waals surface area contributed by atoms with Crippen LogP contribution in [0.1, 0.15) is 29.3 Å². The van der Waals surface area contributed by atoms with Crippen molar-refractivity contribution in [1.82, 2.24) is 9.88 Å². The highest BCUT2D eigenvalue weighted by atomic mass is 19.4. The van der Waals surface area contributed by atoms with Crippen LogP contribution in [0.5, 0.6) is 5.75 Å². The van der Waals surface area contributed by atoms with Crippen molar-refractivity contribution in [3.8, 4) is 17.0 Å². The molecule has 184 valence electrons. The van der Waals surface area contributed by atoms with Gasteiger partial charge in [-0.2, -0.15) is 13.2 Å². The van der Waals surface area contributed by atoms with Crippen LogP contribution in [-0.2, 0) is 35.1 Å². The van der Waals surface area contributed by atoms with Gasteiger partial charge >= 0.3 is 12.1 Å². The maximum absolute atomic E-state index is 12.9. The molecule has 0 saturated heterocycles. The molecule has 2 aromatic carbocycles. The average molecular weight is 485 g/mol. The third-order valence-electron chi connectivity index (χ3n) is 5.93. The lowest BCUT2D eigenvalue weighted by Crippen LogP contribution is -2.26. The second-order valence-electron chi connectivity index (χ2n) is 8.39. The second-order valence-corrected chi connectivity index (χ2v) is 8.39. The van der Waals surface area contributed by atoms with Crippen LogP contribution >= 0.6 is 0 Å². The number of benzene rings is 2.